The Morgan fingerprint density at radius 1 is 1.08 bits per heavy atom. The first-order valence-electron chi connectivity index (χ1n) is 8.12. The number of sulfonamides is 1. The maximum Gasteiger partial charge on any atom is 0.245 e. The van der Waals surface area contributed by atoms with Gasteiger partial charge in [0.1, 0.15) is 6.54 Å². The first-order valence-corrected chi connectivity index (χ1v) is 9.97. The molecule has 0 bridgehead atoms. The molecular formula is C19H24N2O3S. The van der Waals surface area contributed by atoms with Crippen LogP contribution in [0.15, 0.2) is 48.5 Å². The third-order valence-electron chi connectivity index (χ3n) is 3.93. The van der Waals surface area contributed by atoms with Gasteiger partial charge in [0.05, 0.1) is 11.9 Å². The van der Waals surface area contributed by atoms with Gasteiger partial charge in [-0.15, -0.1) is 0 Å². The molecule has 1 N–H and O–H groups in total. The highest BCUT2D eigenvalue weighted by atomic mass is 32.2. The number of rotatable bonds is 6. The number of aryl methyl sites for hydroxylation is 1. The fourth-order valence-electron chi connectivity index (χ4n) is 2.62. The third kappa shape index (κ3) is 4.82. The molecule has 0 aliphatic rings. The summed E-state index contributed by atoms with van der Waals surface area (Å²) >= 11 is 0. The minimum atomic E-state index is -3.60. The highest BCUT2D eigenvalue weighted by Crippen LogP contribution is 2.29. The van der Waals surface area contributed by atoms with E-state index >= 15 is 0 Å². The summed E-state index contributed by atoms with van der Waals surface area (Å²) in [6.07, 6.45) is 1.12. The SMILES string of the molecule is Cc1ccccc1NC(=O)CN(c1ccccc1C(C)C)S(C)(=O)=O. The van der Waals surface area contributed by atoms with Gasteiger partial charge in [0, 0.05) is 5.69 Å². The molecule has 0 aliphatic carbocycles. The summed E-state index contributed by atoms with van der Waals surface area (Å²) in [4.78, 5) is 12.5. The molecule has 1 amide bonds. The van der Waals surface area contributed by atoms with Crippen molar-refractivity contribution in [3.05, 3.63) is 59.7 Å². The van der Waals surface area contributed by atoms with Crippen molar-refractivity contribution in [1.29, 1.82) is 0 Å². The van der Waals surface area contributed by atoms with Crippen LogP contribution < -0.4 is 9.62 Å². The van der Waals surface area contributed by atoms with Crippen molar-refractivity contribution >= 4 is 27.3 Å². The van der Waals surface area contributed by atoms with E-state index in [9.17, 15) is 13.2 Å². The van der Waals surface area contributed by atoms with Crippen LogP contribution in [0.25, 0.3) is 0 Å². The monoisotopic (exact) mass is 360 g/mol. The minimum Gasteiger partial charge on any atom is -0.324 e. The van der Waals surface area contributed by atoms with Crippen LogP contribution in [0.2, 0.25) is 0 Å². The van der Waals surface area contributed by atoms with E-state index in [-0.39, 0.29) is 18.4 Å². The van der Waals surface area contributed by atoms with Gasteiger partial charge < -0.3 is 5.32 Å². The van der Waals surface area contributed by atoms with Crippen molar-refractivity contribution < 1.29 is 13.2 Å². The lowest BCUT2D eigenvalue weighted by atomic mass is 10.0. The Hall–Kier alpha value is -2.34. The van der Waals surface area contributed by atoms with Gasteiger partial charge in [0.25, 0.3) is 0 Å². The molecule has 0 saturated carbocycles. The zero-order valence-corrected chi connectivity index (χ0v) is 15.8. The van der Waals surface area contributed by atoms with Gasteiger partial charge in [0.15, 0.2) is 0 Å². The molecule has 2 rings (SSSR count). The van der Waals surface area contributed by atoms with Crippen molar-refractivity contribution in [2.75, 3.05) is 22.4 Å². The maximum atomic E-state index is 12.5. The summed E-state index contributed by atoms with van der Waals surface area (Å²) in [5, 5.41) is 2.79. The molecule has 0 heterocycles. The topological polar surface area (TPSA) is 66.5 Å². The molecule has 6 heteroatoms. The van der Waals surface area contributed by atoms with Crippen LogP contribution in [-0.2, 0) is 14.8 Å². The van der Waals surface area contributed by atoms with E-state index in [0.29, 0.717) is 11.4 Å². The van der Waals surface area contributed by atoms with Crippen molar-refractivity contribution in [3.63, 3.8) is 0 Å². The van der Waals surface area contributed by atoms with Crippen LogP contribution in [0, 0.1) is 6.92 Å². The fraction of sp³-hybridized carbons (Fsp3) is 0.316. The number of carbonyl (C=O) groups is 1. The van der Waals surface area contributed by atoms with Crippen LogP contribution in [0.5, 0.6) is 0 Å². The van der Waals surface area contributed by atoms with Gasteiger partial charge in [-0.3, -0.25) is 9.10 Å². The first-order chi connectivity index (χ1) is 11.7. The molecule has 0 aromatic heterocycles. The second kappa shape index (κ2) is 7.70. The highest BCUT2D eigenvalue weighted by molar-refractivity contribution is 7.92. The van der Waals surface area contributed by atoms with E-state index in [0.717, 1.165) is 21.7 Å². The molecule has 0 radical (unpaired) electrons. The number of benzene rings is 2. The predicted molar refractivity (Wildman–Crippen MR) is 103 cm³/mol. The molecule has 2 aromatic rings. The second-order valence-electron chi connectivity index (χ2n) is 6.35. The molecule has 0 unspecified atom stereocenters. The number of hydrogen-bond donors (Lipinski definition) is 1. The van der Waals surface area contributed by atoms with Gasteiger partial charge in [0.2, 0.25) is 15.9 Å². The van der Waals surface area contributed by atoms with Gasteiger partial charge in [-0.1, -0.05) is 50.2 Å². The largest absolute Gasteiger partial charge is 0.324 e. The molecule has 0 atom stereocenters. The number of carbonyl (C=O) groups excluding carboxylic acids is 1. The van der Waals surface area contributed by atoms with E-state index in [2.05, 4.69) is 5.32 Å². The molecule has 134 valence electrons. The predicted octanol–water partition coefficient (Wildman–Crippen LogP) is 3.52. The van der Waals surface area contributed by atoms with E-state index in [4.69, 9.17) is 0 Å². The summed E-state index contributed by atoms with van der Waals surface area (Å²) in [5.41, 5.74) is 3.03. The van der Waals surface area contributed by atoms with Crippen LogP contribution in [0.4, 0.5) is 11.4 Å². The molecule has 0 spiro atoms. The minimum absolute atomic E-state index is 0.139. The smallest absolute Gasteiger partial charge is 0.245 e. The zero-order chi connectivity index (χ0) is 18.6. The van der Waals surface area contributed by atoms with E-state index < -0.39 is 10.0 Å². The van der Waals surface area contributed by atoms with E-state index in [1.165, 1.54) is 0 Å². The average molecular weight is 360 g/mol. The lowest BCUT2D eigenvalue weighted by Gasteiger charge is -2.25. The Morgan fingerprint density at radius 3 is 2.28 bits per heavy atom. The van der Waals surface area contributed by atoms with Crippen molar-refractivity contribution in [3.8, 4) is 0 Å². The van der Waals surface area contributed by atoms with Crippen LogP contribution in [0.1, 0.15) is 30.9 Å². The molecule has 0 fully saturated rings. The van der Waals surface area contributed by atoms with Crippen molar-refractivity contribution in [2.45, 2.75) is 26.7 Å². The number of nitrogens with one attached hydrogen (secondary N) is 1. The number of amides is 1. The Morgan fingerprint density at radius 2 is 1.68 bits per heavy atom. The Kier molecular flexibility index (Phi) is 5.85. The summed E-state index contributed by atoms with van der Waals surface area (Å²) in [7, 11) is -3.60. The highest BCUT2D eigenvalue weighted by Gasteiger charge is 2.24. The molecule has 2 aromatic carbocycles. The standard InChI is InChI=1S/C19H24N2O3S/c1-14(2)16-10-6-8-12-18(16)21(25(4,23)24)13-19(22)20-17-11-7-5-9-15(17)3/h5-12,14H,13H2,1-4H3,(H,20,22). The number of hydrogen-bond acceptors (Lipinski definition) is 3. The van der Waals surface area contributed by atoms with Gasteiger partial charge >= 0.3 is 0 Å². The second-order valence-corrected chi connectivity index (χ2v) is 8.25. The fourth-order valence-corrected chi connectivity index (χ4v) is 3.49. The Balaban J connectivity index is 2.31. The summed E-state index contributed by atoms with van der Waals surface area (Å²) in [6.45, 7) is 5.61. The third-order valence-corrected chi connectivity index (χ3v) is 5.06. The van der Waals surface area contributed by atoms with Crippen LogP contribution >= 0.6 is 0 Å². The van der Waals surface area contributed by atoms with Crippen molar-refractivity contribution in [1.82, 2.24) is 0 Å². The first kappa shape index (κ1) is 19.0. The average Bonchev–Trinajstić information content (AvgIpc) is 2.54. The van der Waals surface area contributed by atoms with E-state index in [1.807, 2.05) is 51.1 Å². The molecule has 25 heavy (non-hydrogen) atoms. The van der Waals surface area contributed by atoms with Gasteiger partial charge in [-0.2, -0.15) is 0 Å². The quantitative estimate of drug-likeness (QED) is 0.857. The maximum absolute atomic E-state index is 12.5. The molecule has 5 nitrogen and oxygen atoms in total. The summed E-state index contributed by atoms with van der Waals surface area (Å²) < 4.78 is 25.8. The van der Waals surface area contributed by atoms with Gasteiger partial charge in [-0.25, -0.2) is 8.42 Å². The van der Waals surface area contributed by atoms with Crippen molar-refractivity contribution in [2.24, 2.45) is 0 Å². The van der Waals surface area contributed by atoms with Crippen LogP contribution in [0.3, 0.4) is 0 Å². The normalized spacial score (nSPS) is 11.4. The lowest BCUT2D eigenvalue weighted by Crippen LogP contribution is -2.38. The van der Waals surface area contributed by atoms with E-state index in [1.54, 1.807) is 18.2 Å². The van der Waals surface area contributed by atoms with Crippen LogP contribution in [-0.4, -0.2) is 27.1 Å². The number of para-hydroxylation sites is 2. The van der Waals surface area contributed by atoms with Gasteiger partial charge in [-0.05, 0) is 36.1 Å². The lowest BCUT2D eigenvalue weighted by molar-refractivity contribution is -0.114. The molecular weight excluding hydrogens is 336 g/mol. The summed E-state index contributed by atoms with van der Waals surface area (Å²) in [5.74, 6) is -0.238. The zero-order valence-electron chi connectivity index (χ0n) is 15.0. The number of anilines is 2. The molecule has 0 aliphatic heterocycles. The summed E-state index contributed by atoms with van der Waals surface area (Å²) in [6, 6.07) is 14.6. The Bertz CT molecular complexity index is 860. The number of nitrogens with zero attached hydrogens (tertiary/aromatic N) is 1. The Labute approximate surface area is 149 Å². The molecule has 0 saturated heterocycles.